The fourth-order valence-electron chi connectivity index (χ4n) is 12.6. The second-order valence-corrected chi connectivity index (χ2v) is 25.6. The molecular formula is C36H62B24F4N4O2S. The van der Waals surface area contributed by atoms with E-state index in [-0.39, 0.29) is 41.3 Å². The van der Waals surface area contributed by atoms with E-state index in [0.717, 1.165) is 73.8 Å². The molecule has 71 heavy (non-hydrogen) atoms. The topological polar surface area (TPSA) is 58.4 Å². The Morgan fingerprint density at radius 3 is 1.44 bits per heavy atom. The van der Waals surface area contributed by atoms with E-state index in [1.54, 1.807) is 31.4 Å². The number of thioether (sulfide) groups is 1. The molecule has 35 heteroatoms. The van der Waals surface area contributed by atoms with Crippen molar-refractivity contribution in [2.24, 2.45) is 0 Å². The minimum atomic E-state index is -4.48. The summed E-state index contributed by atoms with van der Waals surface area (Å²) in [5, 5.41) is -2.52. The van der Waals surface area contributed by atoms with Crippen LogP contribution in [-0.2, 0) is 39.0 Å². The smallest absolute Gasteiger partial charge is 0.347 e. The average molecular weight is 950 g/mol. The van der Waals surface area contributed by atoms with Crippen LogP contribution in [-0.4, -0.2) is 237 Å². The molecule has 344 valence electrons. The number of nitrogens with zero attached hydrogens (tertiary/aromatic N) is 4. The molecule has 0 N–H and O–H groups in total. The van der Waals surface area contributed by atoms with Crippen molar-refractivity contribution in [2.75, 3.05) is 13.1 Å². The Morgan fingerprint density at radius 1 is 0.620 bits per heavy atom. The second kappa shape index (κ2) is 19.6. The molecule has 0 unspecified atom stereocenters. The highest BCUT2D eigenvalue weighted by Crippen LogP contribution is 2.57. The quantitative estimate of drug-likeness (QED) is 0.0578. The first kappa shape index (κ1) is 59.5. The van der Waals surface area contributed by atoms with Crippen LogP contribution in [0.3, 0.4) is 0 Å². The van der Waals surface area contributed by atoms with Crippen molar-refractivity contribution in [3.8, 4) is 11.1 Å². The number of benzene rings is 3. The van der Waals surface area contributed by atoms with Crippen molar-refractivity contribution >= 4 is 272 Å². The van der Waals surface area contributed by atoms with E-state index in [0.29, 0.717) is 32.6 Å². The molecule has 5 rings (SSSR count). The zero-order chi connectivity index (χ0) is 54.8. The summed E-state index contributed by atoms with van der Waals surface area (Å²) in [6.07, 6.45) is -4.48. The normalized spacial score (nSPS) is 15.4. The highest BCUT2D eigenvalue weighted by atomic mass is 32.2. The molecule has 0 spiro atoms. The molecule has 1 amide bonds. The number of carbonyl (C=O) groups is 1. The van der Waals surface area contributed by atoms with Crippen LogP contribution in [0.4, 0.5) is 17.6 Å². The number of hydrogen-bond donors (Lipinski definition) is 0. The number of rotatable bonds is 13. The van der Waals surface area contributed by atoms with Crippen molar-refractivity contribution in [3.05, 3.63) is 44.1 Å². The number of alkyl halides is 3. The molecule has 0 aliphatic heterocycles. The molecule has 1 aliphatic carbocycles. The largest absolute Gasteiger partial charge is 0.415 e. The van der Waals surface area contributed by atoms with Gasteiger partial charge in [-0.3, -0.25) is 9.59 Å². The number of carbonyl (C=O) groups excluding carboxylic acids is 1. The molecule has 1 aliphatic rings. The molecule has 4 aromatic rings. The predicted molar refractivity (Wildman–Crippen MR) is 365 cm³/mol. The predicted octanol–water partition coefficient (Wildman–Crippen LogP) is -26.2. The fraction of sp³-hybridized carbons (Fsp3) is 0.361. The van der Waals surface area contributed by atoms with E-state index in [2.05, 4.69) is 144 Å². The maximum absolute atomic E-state index is 16.2. The molecule has 1 heterocycles. The minimum absolute atomic E-state index is 0.0997. The lowest BCUT2D eigenvalue weighted by Crippen LogP contribution is -2.74. The van der Waals surface area contributed by atoms with E-state index < -0.39 is 42.6 Å². The van der Waals surface area contributed by atoms with E-state index in [4.69, 9.17) is 4.98 Å². The number of fused-ring (bicyclic) bond motifs is 1. The maximum Gasteiger partial charge on any atom is 0.415 e. The van der Waals surface area contributed by atoms with Gasteiger partial charge >= 0.3 is 6.18 Å². The zero-order valence-electron chi connectivity index (χ0n) is 48.4. The third kappa shape index (κ3) is 9.22. The van der Waals surface area contributed by atoms with Crippen LogP contribution >= 0.6 is 11.8 Å². The third-order valence-electron chi connectivity index (χ3n) is 19.5. The zero-order valence-corrected chi connectivity index (χ0v) is 49.2. The molecule has 1 aromatic heterocycles. The molecule has 6 nitrogen and oxygen atoms in total. The van der Waals surface area contributed by atoms with Crippen molar-refractivity contribution in [2.45, 2.75) is 69.1 Å². The summed E-state index contributed by atoms with van der Waals surface area (Å²) in [4.78, 5) is 40.4. The molecule has 3 aromatic carbocycles. The highest BCUT2D eigenvalue weighted by molar-refractivity contribution is 8.02. The Bertz CT molecular complexity index is 2860. The first-order chi connectivity index (χ1) is 32.1. The Hall–Kier alpha value is -2.40. The second-order valence-electron chi connectivity index (χ2n) is 24.1. The van der Waals surface area contributed by atoms with E-state index in [1.165, 1.54) is 11.8 Å². The summed E-state index contributed by atoms with van der Waals surface area (Å²) in [6.45, 7) is 5.96. The number of likely N-dealkylation sites (N-methyl/N-ethyl adjacent to an activating group) is 1. The van der Waals surface area contributed by atoms with Crippen molar-refractivity contribution in [3.63, 3.8) is 0 Å². The van der Waals surface area contributed by atoms with Crippen LogP contribution < -0.4 is 71.1 Å². The van der Waals surface area contributed by atoms with E-state index in [1.807, 2.05) is 40.9 Å². The number of halogens is 4. The van der Waals surface area contributed by atoms with Gasteiger partial charge in [0.25, 0.3) is 5.56 Å². The van der Waals surface area contributed by atoms with Gasteiger partial charge in [-0.1, -0.05) is 112 Å². The SMILES string of the molecule is Bc1c(B)c(C(B)(B)Sc2nc(=O)c3c(n2CC(=O)N(Cc2c(B)c(B)c(-c4c(B)c(B)c(C(F)(F)F)c(B)c4B)c(B)c2B)C(B)(B)C(B)(B)N(CC)CC)C(B)(B)C(B)(B)C3(B)B)c(B)c(B)c1F. The highest BCUT2D eigenvalue weighted by Gasteiger charge is 2.59. The third-order valence-corrected chi connectivity index (χ3v) is 20.8. The average Bonchev–Trinajstić information content (AvgIpc) is 3.35. The van der Waals surface area contributed by atoms with Gasteiger partial charge in [0.15, 0.2) is 5.16 Å². The lowest BCUT2D eigenvalue weighted by Gasteiger charge is -2.56. The van der Waals surface area contributed by atoms with Gasteiger partial charge in [0, 0.05) is 23.4 Å². The standard InChI is InChI=1S/C36H62B24F4N4O2S/c1-3-66(4-2)35(57,58)36(59,60)68(5-7-14(37)16(39)9(17(40)15(7)38)10-18(41)22(45)12(33(62,63)64)23(46)19(10)42)8(69)6-67-27-13(30(49,50)34(55,56)31(27,51)52)28(70)65-29(67)71-32(53,54)11-20(43)24(47)26(61)25(48)21(11)44/h3-6,37-60H2,1-2H3. The van der Waals surface area contributed by atoms with Gasteiger partial charge in [-0.15, -0.1) is 0 Å². The molecule has 0 radical (unpaired) electrons. The Labute approximate surface area is 448 Å². The Morgan fingerprint density at radius 2 is 1.03 bits per heavy atom. The van der Waals surface area contributed by atoms with Crippen LogP contribution in [0.5, 0.6) is 0 Å². The lowest BCUT2D eigenvalue weighted by molar-refractivity contribution is -0.136. The summed E-state index contributed by atoms with van der Waals surface area (Å²) in [7, 11) is 48.4. The Kier molecular flexibility index (Phi) is 16.4. The molecular weight excluding hydrogens is 888 g/mol. The van der Waals surface area contributed by atoms with E-state index >= 15 is 9.18 Å². The van der Waals surface area contributed by atoms with Crippen LogP contribution in [0, 0.1) is 5.82 Å². The maximum atomic E-state index is 16.2. The van der Waals surface area contributed by atoms with Gasteiger partial charge in [0.1, 0.15) is 185 Å². The summed E-state index contributed by atoms with van der Waals surface area (Å²) in [6, 6.07) is 0. The van der Waals surface area contributed by atoms with Crippen molar-refractivity contribution in [1.29, 1.82) is 0 Å². The van der Waals surface area contributed by atoms with Crippen molar-refractivity contribution < 1.29 is 22.4 Å². The number of aromatic nitrogens is 2. The van der Waals surface area contributed by atoms with Crippen LogP contribution in [0.2, 0.25) is 5.21 Å². The summed E-state index contributed by atoms with van der Waals surface area (Å²) >= 11 is 1.44. The first-order valence-corrected chi connectivity index (χ1v) is 26.3. The molecule has 0 saturated heterocycles. The van der Waals surface area contributed by atoms with Gasteiger partial charge < -0.3 is 14.4 Å². The summed E-state index contributed by atoms with van der Waals surface area (Å²) in [5.41, 5.74) is 12.7. The van der Waals surface area contributed by atoms with Crippen LogP contribution in [0.15, 0.2) is 9.95 Å². The number of hydrogen-bond acceptors (Lipinski definition) is 5. The van der Waals surface area contributed by atoms with Crippen LogP contribution in [0.1, 0.15) is 41.8 Å². The van der Waals surface area contributed by atoms with E-state index in [9.17, 15) is 18.0 Å². The van der Waals surface area contributed by atoms with Gasteiger partial charge in [0.2, 0.25) is 5.91 Å². The van der Waals surface area contributed by atoms with Crippen LogP contribution in [0.25, 0.3) is 11.1 Å². The summed E-state index contributed by atoms with van der Waals surface area (Å²) in [5.74, 6) is -0.356. The van der Waals surface area contributed by atoms with Gasteiger partial charge in [-0.25, -0.2) is 4.39 Å². The minimum Gasteiger partial charge on any atom is -0.347 e. The lowest BCUT2D eigenvalue weighted by atomic mass is 9.20. The molecule has 0 atom stereocenters. The Balaban J connectivity index is 1.84. The summed E-state index contributed by atoms with van der Waals surface area (Å²) < 4.78 is 60.4. The van der Waals surface area contributed by atoms with Crippen molar-refractivity contribution in [1.82, 2.24) is 19.4 Å². The van der Waals surface area contributed by atoms with Gasteiger partial charge in [-0.2, -0.15) is 18.2 Å². The molecule has 0 bridgehead atoms. The monoisotopic (exact) mass is 955 g/mol. The number of amides is 1. The first-order valence-electron chi connectivity index (χ1n) is 25.5. The van der Waals surface area contributed by atoms with Gasteiger partial charge in [0.05, 0.1) is 15.7 Å². The molecule has 0 saturated carbocycles. The van der Waals surface area contributed by atoms with Gasteiger partial charge in [-0.05, 0) is 45.0 Å². The molecule has 0 fully saturated rings. The fourth-order valence-corrected chi connectivity index (χ4v) is 13.9.